The first kappa shape index (κ1) is 87.3. The SMILES string of the molecule is C=CC(=O)Nc1cccc(Nc2nc(Nc3ccc(N4CCCN(C(=O)OC(C)(C)C)CC4)cc3OC)ncc2C)c1.C=CC(=O)Nc1cccc(Nc2nc(Nc3ccc(N4CCN(C(C)=O)[C@H](C(=O)OC)C4)cc3OC)ncc2C)c1.C=CC(=O)Nc1cccc(Nc2nc(Nc3ccc(N4CCS(=O)(=O)CC4)cc3OC)ncc2C)c1. The summed E-state index contributed by atoms with van der Waals surface area (Å²) in [5.74, 6) is 3.50. The van der Waals surface area contributed by atoms with Gasteiger partial charge in [0.25, 0.3) is 0 Å². The molecule has 0 aliphatic carbocycles. The lowest BCUT2D eigenvalue weighted by molar-refractivity contribution is -0.152. The number of amides is 5. The molecule has 6 heterocycles. The lowest BCUT2D eigenvalue weighted by atomic mass is 10.1. The molecule has 9 aromatic rings. The Morgan fingerprint density at radius 1 is 0.462 bits per heavy atom. The van der Waals surface area contributed by atoms with Crippen LogP contribution >= 0.6 is 0 Å². The molecule has 0 saturated carbocycles. The van der Waals surface area contributed by atoms with Crippen molar-refractivity contribution in [2.75, 3.05) is 161 Å². The monoisotopic (exact) mass is 1640 g/mol. The van der Waals surface area contributed by atoms with Gasteiger partial charge in [-0.05, 0) is 157 Å². The molecule has 33 nitrogen and oxygen atoms in total. The minimum atomic E-state index is -2.96. The molecule has 5 amide bonds. The summed E-state index contributed by atoms with van der Waals surface area (Å²) in [7, 11) is 3.12. The average molecular weight is 1640 g/mol. The first-order valence-electron chi connectivity index (χ1n) is 38.1. The van der Waals surface area contributed by atoms with Crippen LogP contribution in [0.25, 0.3) is 0 Å². The van der Waals surface area contributed by atoms with E-state index in [0.717, 1.165) is 69.5 Å². The number of anilines is 18. The predicted molar refractivity (Wildman–Crippen MR) is 466 cm³/mol. The molecule has 0 unspecified atom stereocenters. The van der Waals surface area contributed by atoms with Gasteiger partial charge in [-0.1, -0.05) is 37.9 Å². The second-order valence-corrected chi connectivity index (χ2v) is 30.8. The molecule has 3 aromatic heterocycles. The summed E-state index contributed by atoms with van der Waals surface area (Å²) in [6.07, 6.45) is 9.33. The second-order valence-electron chi connectivity index (χ2n) is 28.5. The number of benzene rings is 6. The van der Waals surface area contributed by atoms with Crippen molar-refractivity contribution in [2.24, 2.45) is 0 Å². The molecule has 0 bridgehead atoms. The molecule has 3 aliphatic rings. The van der Waals surface area contributed by atoms with Gasteiger partial charge < -0.3 is 96.0 Å². The summed E-state index contributed by atoms with van der Waals surface area (Å²) in [6.45, 7) is 28.1. The van der Waals surface area contributed by atoms with Gasteiger partial charge in [-0.3, -0.25) is 19.2 Å². The number of aryl methyl sites for hydroxylation is 3. The van der Waals surface area contributed by atoms with E-state index in [4.69, 9.17) is 23.7 Å². The van der Waals surface area contributed by atoms with Gasteiger partial charge in [0, 0.05) is 170 Å². The number of rotatable bonds is 25. The van der Waals surface area contributed by atoms with Crippen molar-refractivity contribution in [3.63, 3.8) is 0 Å². The number of aromatic nitrogens is 6. The fourth-order valence-electron chi connectivity index (χ4n) is 12.6. The second kappa shape index (κ2) is 40.5. The van der Waals surface area contributed by atoms with Gasteiger partial charge in [0.15, 0.2) is 9.84 Å². The fourth-order valence-corrected chi connectivity index (χ4v) is 13.8. The Morgan fingerprint density at radius 2 is 0.832 bits per heavy atom. The van der Waals surface area contributed by atoms with Gasteiger partial charge in [0.1, 0.15) is 46.3 Å². The topological polar surface area (TPSA) is 385 Å². The van der Waals surface area contributed by atoms with Crippen molar-refractivity contribution in [3.05, 3.63) is 201 Å². The lowest BCUT2D eigenvalue weighted by Crippen LogP contribution is -2.58. The molecule has 9 N–H and O–H groups in total. The van der Waals surface area contributed by atoms with Crippen LogP contribution in [0.1, 0.15) is 50.8 Å². The first-order valence-corrected chi connectivity index (χ1v) is 39.9. The third-order valence-corrected chi connectivity index (χ3v) is 20.4. The van der Waals surface area contributed by atoms with Crippen LogP contribution in [0.5, 0.6) is 17.2 Å². The van der Waals surface area contributed by atoms with Crippen molar-refractivity contribution in [2.45, 2.75) is 66.5 Å². The van der Waals surface area contributed by atoms with Crippen molar-refractivity contribution < 1.29 is 60.9 Å². The van der Waals surface area contributed by atoms with Gasteiger partial charge in [0.2, 0.25) is 41.5 Å². The van der Waals surface area contributed by atoms with E-state index >= 15 is 0 Å². The molecule has 0 radical (unpaired) electrons. The van der Waals surface area contributed by atoms with E-state index in [0.29, 0.717) is 133 Å². The van der Waals surface area contributed by atoms with Gasteiger partial charge >= 0.3 is 12.1 Å². The van der Waals surface area contributed by atoms with Gasteiger partial charge in [0.05, 0.1) is 57.0 Å². The molecule has 3 saturated heterocycles. The Labute approximate surface area is 692 Å². The largest absolute Gasteiger partial charge is 0.494 e. The summed E-state index contributed by atoms with van der Waals surface area (Å²) >= 11 is 0. The van der Waals surface area contributed by atoms with Crippen molar-refractivity contribution in [1.82, 2.24) is 39.7 Å². The van der Waals surface area contributed by atoms with E-state index in [2.05, 4.69) is 102 Å². The highest BCUT2D eigenvalue weighted by atomic mass is 32.2. The number of carbonyl (C=O) groups is 6. The maximum Gasteiger partial charge on any atom is 0.410 e. The molecular formula is C85H100N20O13S. The van der Waals surface area contributed by atoms with Gasteiger partial charge in [-0.2, -0.15) is 15.0 Å². The molecule has 1 atom stereocenters. The number of ether oxygens (including phenoxy) is 5. The first-order chi connectivity index (χ1) is 57.0. The summed E-state index contributed by atoms with van der Waals surface area (Å²) < 4.78 is 50.9. The maximum absolute atomic E-state index is 12.6. The van der Waals surface area contributed by atoms with Crippen LogP contribution in [-0.2, 0) is 43.3 Å². The third kappa shape index (κ3) is 24.7. The molecule has 0 spiro atoms. The van der Waals surface area contributed by atoms with Gasteiger partial charge in [-0.25, -0.2) is 33.0 Å². The summed E-state index contributed by atoms with van der Waals surface area (Å²) in [5.41, 5.74) is 10.9. The van der Waals surface area contributed by atoms with Gasteiger partial charge in [-0.15, -0.1) is 0 Å². The quantitative estimate of drug-likeness (QED) is 0.0189. The van der Waals surface area contributed by atoms with Crippen molar-refractivity contribution >= 4 is 149 Å². The molecule has 34 heteroatoms. The number of esters is 1. The molecule has 3 aliphatic heterocycles. The number of carbonyl (C=O) groups excluding carboxylic acids is 6. The Kier molecular flexibility index (Phi) is 29.7. The molecular weight excluding hydrogens is 1540 g/mol. The Bertz CT molecular complexity index is 5310. The van der Waals surface area contributed by atoms with Crippen LogP contribution in [0.15, 0.2) is 184 Å². The van der Waals surface area contributed by atoms with Crippen LogP contribution in [0.3, 0.4) is 0 Å². The van der Waals surface area contributed by atoms with Crippen LogP contribution < -0.4 is 76.8 Å². The Balaban J connectivity index is 0.000000188. The van der Waals surface area contributed by atoms with Crippen LogP contribution in [0.4, 0.5) is 108 Å². The zero-order valence-corrected chi connectivity index (χ0v) is 69.2. The summed E-state index contributed by atoms with van der Waals surface area (Å²) in [4.78, 5) is 109. The highest BCUT2D eigenvalue weighted by molar-refractivity contribution is 7.91. The number of hydrogen-bond donors (Lipinski definition) is 9. The zero-order chi connectivity index (χ0) is 85.5. The normalized spacial score (nSPS) is 14.2. The average Bonchev–Trinajstić information content (AvgIpc) is 1.64. The number of hydrogen-bond acceptors (Lipinski definition) is 28. The molecule has 3 fully saturated rings. The summed E-state index contributed by atoms with van der Waals surface area (Å²) in [6, 6.07) is 38.3. The van der Waals surface area contributed by atoms with Crippen LogP contribution in [0.2, 0.25) is 0 Å². The minimum Gasteiger partial charge on any atom is -0.494 e. The van der Waals surface area contributed by atoms with Crippen LogP contribution in [0, 0.1) is 20.8 Å². The number of methoxy groups -OCH3 is 4. The van der Waals surface area contributed by atoms with Crippen molar-refractivity contribution in [1.29, 1.82) is 0 Å². The Hall–Kier alpha value is -14.1. The van der Waals surface area contributed by atoms with Crippen LogP contribution in [-0.4, -0.2) is 194 Å². The molecule has 12 rings (SSSR count). The number of sulfone groups is 1. The summed E-state index contributed by atoms with van der Waals surface area (Å²) in [5, 5.41) is 27.7. The molecule has 6 aromatic carbocycles. The number of nitrogens with zero attached hydrogens (tertiary/aromatic N) is 11. The molecule has 624 valence electrons. The van der Waals surface area contributed by atoms with E-state index < -0.39 is 27.4 Å². The van der Waals surface area contributed by atoms with E-state index in [9.17, 15) is 37.2 Å². The van der Waals surface area contributed by atoms with E-state index in [1.807, 2.05) is 148 Å². The van der Waals surface area contributed by atoms with E-state index in [1.54, 1.807) is 75.2 Å². The van der Waals surface area contributed by atoms with E-state index in [1.165, 1.54) is 37.2 Å². The number of piperazine rings is 1. The number of nitrogens with one attached hydrogen (secondary N) is 9. The predicted octanol–water partition coefficient (Wildman–Crippen LogP) is 13.1. The lowest BCUT2D eigenvalue weighted by Gasteiger charge is -2.40. The van der Waals surface area contributed by atoms with Crippen molar-refractivity contribution in [3.8, 4) is 17.2 Å². The molecule has 119 heavy (non-hydrogen) atoms. The zero-order valence-electron chi connectivity index (χ0n) is 68.4. The smallest absolute Gasteiger partial charge is 0.410 e. The fraction of sp³-hybridized carbons (Fsp3) is 0.294. The minimum absolute atomic E-state index is 0.145. The van der Waals surface area contributed by atoms with E-state index in [-0.39, 0.29) is 41.2 Å². The standard InChI is InChI=1S/C31H39N7O4.C29H33N7O5.C25H28N6O4S/c1-7-27(39)33-22-10-8-11-23(18-22)34-28-21(2)20-32-29(36-28)35-25-13-12-24(19-26(25)41-6)37-14-9-15-38(17-16-37)30(40)42-31(3,4)5;1-6-26(38)31-20-8-7-9-21(14-20)32-27-18(2)16-30-29(34-27)33-23-11-10-22(15-25(23)40-4)35-12-13-36(19(3)37)24(17-35)28(39)41-5;1-4-23(32)27-18-6-5-7-19(14-18)28-24-17(2)16-26-25(30-24)29-21-9-8-20(15-22(21)35-3)31-10-12-36(33,34)13-11-31/h7-8,10-13,18-20H,1,9,14-17H2,2-6H3,(H,33,39)(H2,32,34,35,36);6-11,14-16,24H,1,12-13,17H2,2-5H3,(H,31,38)(H2,30,32,33,34);4-9,14-16H,1,10-13H2,2-3H3,(H,27,32)(H2,26,28,29,30)/t;24-;/m.0./s1. The third-order valence-electron chi connectivity index (χ3n) is 18.8. The Morgan fingerprint density at radius 3 is 1.19 bits per heavy atom. The highest BCUT2D eigenvalue weighted by Crippen LogP contribution is 2.37. The highest BCUT2D eigenvalue weighted by Gasteiger charge is 2.36. The maximum atomic E-state index is 12.6.